The smallest absolute Gasteiger partial charge is 0.319 e. The molecule has 2 N–H and O–H groups in total. The monoisotopic (exact) mass is 356 g/mol. The summed E-state index contributed by atoms with van der Waals surface area (Å²) in [6, 6.07) is 6.89. The third kappa shape index (κ3) is 3.74. The van der Waals surface area contributed by atoms with Gasteiger partial charge in [-0.05, 0) is 49.9 Å². The lowest BCUT2D eigenvalue weighted by molar-refractivity contribution is 0.244. The number of fused-ring (bicyclic) bond motifs is 1. The summed E-state index contributed by atoms with van der Waals surface area (Å²) in [5.74, 6) is 0.418. The molecule has 0 radical (unpaired) electrons. The van der Waals surface area contributed by atoms with Gasteiger partial charge in [0.25, 0.3) is 0 Å². The van der Waals surface area contributed by atoms with Crippen molar-refractivity contribution in [2.24, 2.45) is 0 Å². The van der Waals surface area contributed by atoms with Gasteiger partial charge in [0.1, 0.15) is 11.3 Å². The molecule has 26 heavy (non-hydrogen) atoms. The molecule has 2 amide bonds. The predicted octanol–water partition coefficient (Wildman–Crippen LogP) is 4.43. The Morgan fingerprint density at radius 3 is 2.62 bits per heavy atom. The summed E-state index contributed by atoms with van der Waals surface area (Å²) in [6.45, 7) is 1.95. The molecular weight excluding hydrogens is 331 g/mol. The number of amides is 2. The lowest BCUT2D eigenvalue weighted by Gasteiger charge is -2.23. The third-order valence-electron chi connectivity index (χ3n) is 5.36. The van der Waals surface area contributed by atoms with Gasteiger partial charge in [0.05, 0.1) is 0 Å². The van der Waals surface area contributed by atoms with E-state index >= 15 is 0 Å². The van der Waals surface area contributed by atoms with Crippen molar-refractivity contribution in [3.63, 3.8) is 0 Å². The maximum atomic E-state index is 14.6. The number of carbonyl (C=O) groups is 1. The molecular formula is C20H25FN4O. The van der Waals surface area contributed by atoms with Crippen LogP contribution >= 0.6 is 0 Å². The standard InChI is InChI=1S/C20H25FN4O/c21-17-13-16(23-20(26)22-15-6-2-1-3-7-15)12-14-8-9-18(24-19(14)17)25-10-4-5-11-25/h8-9,12-13,15H,1-7,10-11H2,(H2,22,23,26). The number of anilines is 2. The average molecular weight is 356 g/mol. The first-order valence-corrected chi connectivity index (χ1v) is 9.62. The number of carbonyl (C=O) groups excluding carboxylic acids is 1. The largest absolute Gasteiger partial charge is 0.357 e. The number of halogens is 1. The van der Waals surface area contributed by atoms with E-state index in [2.05, 4.69) is 20.5 Å². The molecule has 1 aliphatic heterocycles. The van der Waals surface area contributed by atoms with E-state index in [9.17, 15) is 9.18 Å². The molecule has 1 aliphatic carbocycles. The van der Waals surface area contributed by atoms with E-state index in [1.165, 1.54) is 12.5 Å². The first-order chi connectivity index (χ1) is 12.7. The second kappa shape index (κ2) is 7.48. The summed E-state index contributed by atoms with van der Waals surface area (Å²) in [5.41, 5.74) is 0.812. The van der Waals surface area contributed by atoms with Crippen LogP contribution in [-0.2, 0) is 0 Å². The minimum atomic E-state index is -0.406. The number of urea groups is 1. The number of rotatable bonds is 3. The maximum Gasteiger partial charge on any atom is 0.319 e. The highest BCUT2D eigenvalue weighted by Gasteiger charge is 2.17. The molecule has 2 fully saturated rings. The molecule has 0 spiro atoms. The summed E-state index contributed by atoms with van der Waals surface area (Å²) in [6.07, 6.45) is 7.89. The van der Waals surface area contributed by atoms with Crippen LogP contribution in [0.5, 0.6) is 0 Å². The van der Waals surface area contributed by atoms with E-state index in [1.807, 2.05) is 12.1 Å². The predicted molar refractivity (Wildman–Crippen MR) is 102 cm³/mol. The van der Waals surface area contributed by atoms with Crippen LogP contribution in [0.3, 0.4) is 0 Å². The van der Waals surface area contributed by atoms with E-state index in [0.29, 0.717) is 16.6 Å². The fourth-order valence-corrected chi connectivity index (χ4v) is 3.98. The molecule has 138 valence electrons. The fraction of sp³-hybridized carbons (Fsp3) is 0.500. The number of hydrogen-bond donors (Lipinski definition) is 2. The molecule has 1 saturated heterocycles. The third-order valence-corrected chi connectivity index (χ3v) is 5.36. The highest BCUT2D eigenvalue weighted by atomic mass is 19.1. The molecule has 2 aliphatic rings. The van der Waals surface area contributed by atoms with E-state index in [-0.39, 0.29) is 12.1 Å². The molecule has 2 heterocycles. The second-order valence-corrected chi connectivity index (χ2v) is 7.33. The lowest BCUT2D eigenvalue weighted by atomic mass is 9.96. The first kappa shape index (κ1) is 17.1. The fourth-order valence-electron chi connectivity index (χ4n) is 3.98. The summed E-state index contributed by atoms with van der Waals surface area (Å²) >= 11 is 0. The number of hydrogen-bond acceptors (Lipinski definition) is 3. The first-order valence-electron chi connectivity index (χ1n) is 9.62. The summed E-state index contributed by atoms with van der Waals surface area (Å²) in [7, 11) is 0. The van der Waals surface area contributed by atoms with Crippen LogP contribution < -0.4 is 15.5 Å². The number of aromatic nitrogens is 1. The Kier molecular flexibility index (Phi) is 4.91. The van der Waals surface area contributed by atoms with Gasteiger partial charge >= 0.3 is 6.03 Å². The van der Waals surface area contributed by atoms with Crippen molar-refractivity contribution in [2.75, 3.05) is 23.3 Å². The molecule has 6 heteroatoms. The number of benzene rings is 1. The minimum absolute atomic E-state index is 0.221. The van der Waals surface area contributed by atoms with Gasteiger partial charge in [0.15, 0.2) is 5.82 Å². The Bertz CT molecular complexity index is 798. The van der Waals surface area contributed by atoms with Crippen molar-refractivity contribution in [1.29, 1.82) is 0 Å². The summed E-state index contributed by atoms with van der Waals surface area (Å²) < 4.78 is 14.6. The van der Waals surface area contributed by atoms with Crippen LogP contribution in [0, 0.1) is 5.82 Å². The van der Waals surface area contributed by atoms with Crippen molar-refractivity contribution < 1.29 is 9.18 Å². The van der Waals surface area contributed by atoms with E-state index < -0.39 is 5.82 Å². The van der Waals surface area contributed by atoms with Crippen LogP contribution in [0.1, 0.15) is 44.9 Å². The topological polar surface area (TPSA) is 57.3 Å². The molecule has 5 nitrogen and oxygen atoms in total. The van der Waals surface area contributed by atoms with Gasteiger partial charge in [0, 0.05) is 30.2 Å². The highest BCUT2D eigenvalue weighted by Crippen LogP contribution is 2.26. The number of nitrogens with one attached hydrogen (secondary N) is 2. The molecule has 1 aromatic heterocycles. The van der Waals surface area contributed by atoms with Crippen LogP contribution in [-0.4, -0.2) is 30.1 Å². The molecule has 0 bridgehead atoms. The van der Waals surface area contributed by atoms with Gasteiger partial charge in [0.2, 0.25) is 0 Å². The average Bonchev–Trinajstić information content (AvgIpc) is 3.17. The quantitative estimate of drug-likeness (QED) is 0.855. The van der Waals surface area contributed by atoms with Gasteiger partial charge < -0.3 is 15.5 Å². The Labute approximate surface area is 153 Å². The van der Waals surface area contributed by atoms with Gasteiger partial charge in [-0.15, -0.1) is 0 Å². The number of pyridine rings is 1. The lowest BCUT2D eigenvalue weighted by Crippen LogP contribution is -2.39. The van der Waals surface area contributed by atoms with Crippen molar-refractivity contribution in [2.45, 2.75) is 51.0 Å². The van der Waals surface area contributed by atoms with Gasteiger partial charge in [-0.1, -0.05) is 19.3 Å². The van der Waals surface area contributed by atoms with E-state index in [0.717, 1.165) is 57.4 Å². The van der Waals surface area contributed by atoms with Crippen LogP contribution in [0.2, 0.25) is 0 Å². The van der Waals surface area contributed by atoms with Gasteiger partial charge in [-0.25, -0.2) is 14.2 Å². The molecule has 0 atom stereocenters. The Morgan fingerprint density at radius 1 is 1.08 bits per heavy atom. The second-order valence-electron chi connectivity index (χ2n) is 7.33. The highest BCUT2D eigenvalue weighted by molar-refractivity contribution is 5.93. The van der Waals surface area contributed by atoms with Crippen molar-refractivity contribution >= 4 is 28.4 Å². The minimum Gasteiger partial charge on any atom is -0.357 e. The van der Waals surface area contributed by atoms with E-state index in [4.69, 9.17) is 0 Å². The summed E-state index contributed by atoms with van der Waals surface area (Å²) in [5, 5.41) is 6.45. The Morgan fingerprint density at radius 2 is 1.85 bits per heavy atom. The molecule has 1 saturated carbocycles. The Hall–Kier alpha value is -2.37. The van der Waals surface area contributed by atoms with Crippen molar-refractivity contribution in [1.82, 2.24) is 10.3 Å². The van der Waals surface area contributed by atoms with E-state index in [1.54, 1.807) is 6.07 Å². The van der Waals surface area contributed by atoms with Gasteiger partial charge in [-0.3, -0.25) is 0 Å². The zero-order chi connectivity index (χ0) is 17.9. The van der Waals surface area contributed by atoms with Gasteiger partial charge in [-0.2, -0.15) is 0 Å². The molecule has 2 aromatic rings. The van der Waals surface area contributed by atoms with Crippen LogP contribution in [0.4, 0.5) is 20.7 Å². The van der Waals surface area contributed by atoms with Crippen LogP contribution in [0.25, 0.3) is 10.9 Å². The van der Waals surface area contributed by atoms with Crippen molar-refractivity contribution in [3.8, 4) is 0 Å². The van der Waals surface area contributed by atoms with Crippen molar-refractivity contribution in [3.05, 3.63) is 30.1 Å². The number of nitrogens with zero attached hydrogens (tertiary/aromatic N) is 2. The normalized spacial score (nSPS) is 18.3. The molecule has 1 aromatic carbocycles. The summed E-state index contributed by atoms with van der Waals surface area (Å²) in [4.78, 5) is 18.9. The molecule has 0 unspecified atom stereocenters. The molecule has 4 rings (SSSR count). The SMILES string of the molecule is O=C(Nc1cc(F)c2nc(N3CCCC3)ccc2c1)NC1CCCCC1. The van der Waals surface area contributed by atoms with Crippen LogP contribution in [0.15, 0.2) is 24.3 Å². The zero-order valence-electron chi connectivity index (χ0n) is 14.9. The maximum absolute atomic E-state index is 14.6. The zero-order valence-corrected chi connectivity index (χ0v) is 14.9. The Balaban J connectivity index is 1.49.